The molecule has 0 unspecified atom stereocenters. The molecular weight excluding hydrogens is 371 g/mol. The summed E-state index contributed by atoms with van der Waals surface area (Å²) in [5.41, 5.74) is 2.04. The molecule has 2 heterocycles. The van der Waals surface area contributed by atoms with Crippen molar-refractivity contribution in [1.82, 2.24) is 15.1 Å². The first-order valence-corrected chi connectivity index (χ1v) is 9.24. The van der Waals surface area contributed by atoms with Crippen LogP contribution in [0.1, 0.15) is 5.89 Å². The number of hydrogen-bond donors (Lipinski definition) is 0. The average Bonchev–Trinajstić information content (AvgIpc) is 3.11. The first-order valence-electron chi connectivity index (χ1n) is 8.48. The van der Waals surface area contributed by atoms with Crippen LogP contribution in [-0.2, 0) is 6.54 Å². The van der Waals surface area contributed by atoms with Gasteiger partial charge in [0.25, 0.3) is 0 Å². The van der Waals surface area contributed by atoms with Crippen molar-refractivity contribution >= 4 is 28.9 Å². The van der Waals surface area contributed by atoms with Crippen molar-refractivity contribution in [2.45, 2.75) is 6.54 Å². The molecule has 2 aromatic carbocycles. The van der Waals surface area contributed by atoms with Gasteiger partial charge >= 0.3 is 0 Å². The van der Waals surface area contributed by atoms with Crippen molar-refractivity contribution in [2.24, 2.45) is 0 Å². The van der Waals surface area contributed by atoms with E-state index in [4.69, 9.17) is 27.6 Å². The second-order valence-electron chi connectivity index (χ2n) is 6.25. The van der Waals surface area contributed by atoms with Crippen LogP contribution in [0.25, 0.3) is 11.5 Å². The summed E-state index contributed by atoms with van der Waals surface area (Å²) in [5, 5.41) is 9.77. The highest BCUT2D eigenvalue weighted by atomic mass is 35.5. The van der Waals surface area contributed by atoms with Gasteiger partial charge in [0.2, 0.25) is 11.8 Å². The smallest absolute Gasteiger partial charge is 0.247 e. The van der Waals surface area contributed by atoms with E-state index in [2.05, 4.69) is 26.1 Å². The summed E-state index contributed by atoms with van der Waals surface area (Å²) in [4.78, 5) is 4.66. The van der Waals surface area contributed by atoms with Crippen molar-refractivity contribution in [3.8, 4) is 11.5 Å². The Morgan fingerprint density at radius 3 is 2.38 bits per heavy atom. The van der Waals surface area contributed by atoms with Crippen LogP contribution in [0.15, 0.2) is 52.9 Å². The second-order valence-corrected chi connectivity index (χ2v) is 7.12. The van der Waals surface area contributed by atoms with Gasteiger partial charge in [-0.3, -0.25) is 4.90 Å². The Labute approximate surface area is 162 Å². The first-order chi connectivity index (χ1) is 12.7. The van der Waals surface area contributed by atoms with E-state index in [1.807, 2.05) is 42.5 Å². The fourth-order valence-corrected chi connectivity index (χ4v) is 3.37. The fourth-order valence-electron chi connectivity index (χ4n) is 3.05. The topological polar surface area (TPSA) is 45.4 Å². The monoisotopic (exact) mass is 388 g/mol. The molecule has 1 aliphatic rings. The summed E-state index contributed by atoms with van der Waals surface area (Å²) in [6.45, 7) is 4.41. The van der Waals surface area contributed by atoms with Crippen molar-refractivity contribution in [1.29, 1.82) is 0 Å². The minimum atomic E-state index is 0.522. The number of hydrogen-bond acceptors (Lipinski definition) is 5. The quantitative estimate of drug-likeness (QED) is 0.663. The predicted molar refractivity (Wildman–Crippen MR) is 104 cm³/mol. The van der Waals surface area contributed by atoms with Gasteiger partial charge in [0.15, 0.2) is 0 Å². The van der Waals surface area contributed by atoms with E-state index in [0.717, 1.165) is 36.8 Å². The largest absolute Gasteiger partial charge is 0.419 e. The van der Waals surface area contributed by atoms with Crippen LogP contribution in [-0.4, -0.2) is 41.3 Å². The summed E-state index contributed by atoms with van der Waals surface area (Å²) < 4.78 is 5.80. The first kappa shape index (κ1) is 17.3. The zero-order valence-corrected chi connectivity index (χ0v) is 15.6. The van der Waals surface area contributed by atoms with Crippen LogP contribution in [0.4, 0.5) is 5.69 Å². The molecule has 0 N–H and O–H groups in total. The van der Waals surface area contributed by atoms with Gasteiger partial charge in [-0.15, -0.1) is 10.2 Å². The molecule has 0 saturated carbocycles. The molecule has 0 radical (unpaired) electrons. The highest BCUT2D eigenvalue weighted by Crippen LogP contribution is 2.23. The fraction of sp³-hybridized carbons (Fsp3) is 0.263. The van der Waals surface area contributed by atoms with Gasteiger partial charge in [0, 0.05) is 47.5 Å². The normalized spacial score (nSPS) is 15.4. The van der Waals surface area contributed by atoms with Crippen LogP contribution >= 0.6 is 23.2 Å². The standard InChI is InChI=1S/C19H18Cl2N4O/c20-15-6-4-14(5-7-15)19-23-22-18(26-19)13-24-8-10-25(11-9-24)17-3-1-2-16(21)12-17/h1-7,12H,8-11,13H2. The summed E-state index contributed by atoms with van der Waals surface area (Å²) in [7, 11) is 0. The van der Waals surface area contributed by atoms with E-state index in [1.54, 1.807) is 0 Å². The zero-order valence-electron chi connectivity index (χ0n) is 14.1. The second kappa shape index (κ2) is 7.66. The Kier molecular flexibility index (Phi) is 5.11. The molecule has 0 bridgehead atoms. The number of halogens is 2. The highest BCUT2D eigenvalue weighted by molar-refractivity contribution is 6.31. The van der Waals surface area contributed by atoms with Gasteiger partial charge in [-0.2, -0.15) is 0 Å². The Hall–Kier alpha value is -2.08. The van der Waals surface area contributed by atoms with Crippen LogP contribution in [0.3, 0.4) is 0 Å². The molecule has 7 heteroatoms. The molecule has 134 valence electrons. The Morgan fingerprint density at radius 1 is 0.885 bits per heavy atom. The van der Waals surface area contributed by atoms with E-state index in [-0.39, 0.29) is 0 Å². The van der Waals surface area contributed by atoms with Gasteiger partial charge in [-0.1, -0.05) is 29.3 Å². The molecular formula is C19H18Cl2N4O. The SMILES string of the molecule is Clc1ccc(-c2nnc(CN3CCN(c4cccc(Cl)c4)CC3)o2)cc1. The van der Waals surface area contributed by atoms with Crippen LogP contribution in [0.2, 0.25) is 10.0 Å². The van der Waals surface area contributed by atoms with Crippen molar-refractivity contribution < 1.29 is 4.42 Å². The van der Waals surface area contributed by atoms with Gasteiger partial charge in [0.1, 0.15) is 0 Å². The van der Waals surface area contributed by atoms with Gasteiger partial charge in [-0.05, 0) is 42.5 Å². The van der Waals surface area contributed by atoms with E-state index in [9.17, 15) is 0 Å². The molecule has 4 rings (SSSR count). The Bertz CT molecular complexity index is 873. The van der Waals surface area contributed by atoms with Crippen LogP contribution in [0, 0.1) is 0 Å². The van der Waals surface area contributed by atoms with E-state index in [0.29, 0.717) is 23.3 Å². The summed E-state index contributed by atoms with van der Waals surface area (Å²) in [5.74, 6) is 1.15. The molecule has 1 aliphatic heterocycles. The third-order valence-electron chi connectivity index (χ3n) is 4.46. The van der Waals surface area contributed by atoms with Crippen LogP contribution < -0.4 is 4.90 Å². The third kappa shape index (κ3) is 4.01. The minimum Gasteiger partial charge on any atom is -0.419 e. The Balaban J connectivity index is 1.35. The van der Waals surface area contributed by atoms with Gasteiger partial charge in [-0.25, -0.2) is 0 Å². The van der Waals surface area contributed by atoms with Crippen molar-refractivity contribution in [2.75, 3.05) is 31.1 Å². The number of benzene rings is 2. The molecule has 1 fully saturated rings. The number of aromatic nitrogens is 2. The van der Waals surface area contributed by atoms with E-state index >= 15 is 0 Å². The molecule has 5 nitrogen and oxygen atoms in total. The van der Waals surface area contributed by atoms with E-state index < -0.39 is 0 Å². The lowest BCUT2D eigenvalue weighted by atomic mass is 10.2. The van der Waals surface area contributed by atoms with Gasteiger partial charge < -0.3 is 9.32 Å². The lowest BCUT2D eigenvalue weighted by Crippen LogP contribution is -2.46. The van der Waals surface area contributed by atoms with Crippen molar-refractivity contribution in [3.63, 3.8) is 0 Å². The molecule has 0 aliphatic carbocycles. The maximum atomic E-state index is 6.09. The lowest BCUT2D eigenvalue weighted by molar-refractivity contribution is 0.227. The Morgan fingerprint density at radius 2 is 1.65 bits per heavy atom. The van der Waals surface area contributed by atoms with Gasteiger partial charge in [0.05, 0.1) is 6.54 Å². The predicted octanol–water partition coefficient (Wildman–Crippen LogP) is 4.37. The average molecular weight is 389 g/mol. The lowest BCUT2D eigenvalue weighted by Gasteiger charge is -2.35. The molecule has 1 aromatic heterocycles. The van der Waals surface area contributed by atoms with Crippen LogP contribution in [0.5, 0.6) is 0 Å². The molecule has 0 spiro atoms. The zero-order chi connectivity index (χ0) is 17.9. The number of nitrogens with zero attached hydrogens (tertiary/aromatic N) is 4. The number of piperazine rings is 1. The molecule has 0 amide bonds. The molecule has 26 heavy (non-hydrogen) atoms. The maximum absolute atomic E-state index is 6.09. The summed E-state index contributed by atoms with van der Waals surface area (Å²) in [6, 6.07) is 15.4. The number of anilines is 1. The highest BCUT2D eigenvalue weighted by Gasteiger charge is 2.19. The number of rotatable bonds is 4. The third-order valence-corrected chi connectivity index (χ3v) is 4.95. The summed E-state index contributed by atoms with van der Waals surface area (Å²) in [6.07, 6.45) is 0. The van der Waals surface area contributed by atoms with E-state index in [1.165, 1.54) is 5.69 Å². The summed E-state index contributed by atoms with van der Waals surface area (Å²) >= 11 is 12.0. The molecule has 1 saturated heterocycles. The molecule has 0 atom stereocenters. The maximum Gasteiger partial charge on any atom is 0.247 e. The minimum absolute atomic E-state index is 0.522. The molecule has 3 aromatic rings. The van der Waals surface area contributed by atoms with Crippen molar-refractivity contribution in [3.05, 3.63) is 64.5 Å².